The number of hydrogen-bond acceptors (Lipinski definition) is 3. The Kier molecular flexibility index (Phi) is 5.05. The number of hydrogen-bond donors (Lipinski definition) is 2. The Morgan fingerprint density at radius 2 is 2.00 bits per heavy atom. The highest BCUT2D eigenvalue weighted by molar-refractivity contribution is 5.41. The van der Waals surface area contributed by atoms with Crippen LogP contribution in [0.2, 0.25) is 0 Å². The highest BCUT2D eigenvalue weighted by atomic mass is 16.2. The Balaban J connectivity index is 1.76. The molecule has 3 rings (SSSR count). The van der Waals surface area contributed by atoms with Crippen molar-refractivity contribution < 1.29 is 5.11 Å². The van der Waals surface area contributed by atoms with Crippen molar-refractivity contribution in [1.82, 2.24) is 14.7 Å². The van der Waals surface area contributed by atoms with Gasteiger partial charge < -0.3 is 14.8 Å². The third kappa shape index (κ3) is 3.78. The van der Waals surface area contributed by atoms with Gasteiger partial charge in [0.1, 0.15) is 5.65 Å². The van der Waals surface area contributed by atoms with Gasteiger partial charge in [0.15, 0.2) is 0 Å². The summed E-state index contributed by atoms with van der Waals surface area (Å²) >= 11 is 0. The summed E-state index contributed by atoms with van der Waals surface area (Å²) in [4.78, 5) is 4.46. The Morgan fingerprint density at radius 3 is 2.78 bits per heavy atom. The highest BCUT2D eigenvalue weighted by Crippen LogP contribution is 2.19. The standard InChI is InChI=1S/C19H23N3O/c1-15-9-10-19-21-13-17(22(19)14-15)12-20-18(8-5-11-23)16-6-3-2-4-7-16/h2-4,6-7,9-10,13-14,18,20,23H,5,8,11-12H2,1H3. The molecule has 0 radical (unpaired) electrons. The predicted octanol–water partition coefficient (Wildman–Crippen LogP) is 3.25. The van der Waals surface area contributed by atoms with Gasteiger partial charge in [-0.1, -0.05) is 36.4 Å². The molecule has 2 aromatic heterocycles. The number of aromatic nitrogens is 2. The van der Waals surface area contributed by atoms with E-state index in [1.165, 1.54) is 11.1 Å². The fourth-order valence-corrected chi connectivity index (χ4v) is 2.86. The van der Waals surface area contributed by atoms with Crippen LogP contribution in [0.3, 0.4) is 0 Å². The zero-order valence-electron chi connectivity index (χ0n) is 13.4. The van der Waals surface area contributed by atoms with E-state index in [2.05, 4.69) is 58.2 Å². The number of aliphatic hydroxyl groups excluding tert-OH is 1. The van der Waals surface area contributed by atoms with Crippen molar-refractivity contribution in [3.63, 3.8) is 0 Å². The van der Waals surface area contributed by atoms with E-state index in [4.69, 9.17) is 5.11 Å². The van der Waals surface area contributed by atoms with Crippen LogP contribution in [0.15, 0.2) is 54.9 Å². The Bertz CT molecular complexity index is 752. The summed E-state index contributed by atoms with van der Waals surface area (Å²) in [6, 6.07) is 14.8. The molecule has 120 valence electrons. The van der Waals surface area contributed by atoms with Gasteiger partial charge in [0.25, 0.3) is 0 Å². The van der Waals surface area contributed by atoms with Crippen LogP contribution < -0.4 is 5.32 Å². The number of pyridine rings is 1. The van der Waals surface area contributed by atoms with Crippen molar-refractivity contribution in [2.24, 2.45) is 0 Å². The monoisotopic (exact) mass is 309 g/mol. The number of nitrogens with one attached hydrogen (secondary N) is 1. The number of imidazole rings is 1. The van der Waals surface area contributed by atoms with Crippen LogP contribution in [0.4, 0.5) is 0 Å². The molecule has 4 heteroatoms. The first-order chi connectivity index (χ1) is 11.3. The van der Waals surface area contributed by atoms with Crippen LogP contribution in [0.1, 0.15) is 35.7 Å². The first-order valence-electron chi connectivity index (χ1n) is 8.09. The lowest BCUT2D eigenvalue weighted by Crippen LogP contribution is -2.22. The van der Waals surface area contributed by atoms with Crippen molar-refractivity contribution in [2.75, 3.05) is 6.61 Å². The molecule has 0 aliphatic heterocycles. The molecular weight excluding hydrogens is 286 g/mol. The molecule has 23 heavy (non-hydrogen) atoms. The number of aryl methyl sites for hydroxylation is 1. The van der Waals surface area contributed by atoms with Gasteiger partial charge in [0, 0.05) is 25.4 Å². The third-order valence-corrected chi connectivity index (χ3v) is 4.11. The van der Waals surface area contributed by atoms with Gasteiger partial charge in [-0.3, -0.25) is 0 Å². The third-order valence-electron chi connectivity index (χ3n) is 4.11. The molecule has 0 fully saturated rings. The maximum atomic E-state index is 9.14. The van der Waals surface area contributed by atoms with Crippen molar-refractivity contribution in [3.8, 4) is 0 Å². The molecule has 1 aromatic carbocycles. The van der Waals surface area contributed by atoms with Gasteiger partial charge in [-0.15, -0.1) is 0 Å². The summed E-state index contributed by atoms with van der Waals surface area (Å²) in [6.45, 7) is 3.06. The second kappa shape index (κ2) is 7.40. The van der Waals surface area contributed by atoms with Crippen LogP contribution in [0, 0.1) is 6.92 Å². The van der Waals surface area contributed by atoms with Gasteiger partial charge in [-0.25, -0.2) is 4.98 Å². The predicted molar refractivity (Wildman–Crippen MR) is 92.3 cm³/mol. The first-order valence-corrected chi connectivity index (χ1v) is 8.09. The summed E-state index contributed by atoms with van der Waals surface area (Å²) in [5.41, 5.74) is 4.59. The maximum Gasteiger partial charge on any atom is 0.136 e. The van der Waals surface area contributed by atoms with Crippen molar-refractivity contribution in [2.45, 2.75) is 32.4 Å². The molecule has 0 aliphatic carbocycles. The Morgan fingerprint density at radius 1 is 1.17 bits per heavy atom. The summed E-state index contributed by atoms with van der Waals surface area (Å²) in [6.07, 6.45) is 5.75. The molecule has 3 aromatic rings. The van der Waals surface area contributed by atoms with Crippen LogP contribution >= 0.6 is 0 Å². The second-order valence-electron chi connectivity index (χ2n) is 5.89. The average molecular weight is 309 g/mol. The van der Waals surface area contributed by atoms with E-state index in [1.807, 2.05) is 18.3 Å². The minimum Gasteiger partial charge on any atom is -0.396 e. The zero-order chi connectivity index (χ0) is 16.1. The molecule has 1 atom stereocenters. The number of nitrogens with zero attached hydrogens (tertiary/aromatic N) is 2. The van der Waals surface area contributed by atoms with Crippen LogP contribution in [0.5, 0.6) is 0 Å². The minimum atomic E-state index is 0.222. The topological polar surface area (TPSA) is 49.6 Å². The van der Waals surface area contributed by atoms with E-state index in [0.717, 1.165) is 30.7 Å². The maximum absolute atomic E-state index is 9.14. The first kappa shape index (κ1) is 15.7. The molecule has 0 saturated carbocycles. The molecule has 0 spiro atoms. The fraction of sp³-hybridized carbons (Fsp3) is 0.316. The molecule has 2 heterocycles. The largest absolute Gasteiger partial charge is 0.396 e. The van der Waals surface area contributed by atoms with Gasteiger partial charge in [-0.2, -0.15) is 0 Å². The SMILES string of the molecule is Cc1ccc2ncc(CNC(CCCO)c3ccccc3)n2c1. The average Bonchev–Trinajstić information content (AvgIpc) is 2.98. The molecule has 0 aliphatic rings. The van der Waals surface area contributed by atoms with Crippen molar-refractivity contribution >= 4 is 5.65 Å². The molecule has 0 saturated heterocycles. The van der Waals surface area contributed by atoms with Crippen molar-refractivity contribution in [3.05, 3.63) is 71.7 Å². The van der Waals surface area contributed by atoms with E-state index in [1.54, 1.807) is 0 Å². The smallest absolute Gasteiger partial charge is 0.136 e. The Hall–Kier alpha value is -2.17. The summed E-state index contributed by atoms with van der Waals surface area (Å²) in [5.74, 6) is 0. The van der Waals surface area contributed by atoms with E-state index in [0.29, 0.717) is 0 Å². The van der Waals surface area contributed by atoms with Crippen LogP contribution in [-0.4, -0.2) is 21.1 Å². The molecular formula is C19H23N3O. The normalized spacial score (nSPS) is 12.6. The highest BCUT2D eigenvalue weighted by Gasteiger charge is 2.12. The molecule has 1 unspecified atom stereocenters. The fourth-order valence-electron chi connectivity index (χ4n) is 2.86. The lowest BCUT2D eigenvalue weighted by Gasteiger charge is -2.19. The van der Waals surface area contributed by atoms with Gasteiger partial charge >= 0.3 is 0 Å². The van der Waals surface area contributed by atoms with Crippen LogP contribution in [0.25, 0.3) is 5.65 Å². The number of aliphatic hydroxyl groups is 1. The summed E-state index contributed by atoms with van der Waals surface area (Å²) < 4.78 is 2.14. The van der Waals surface area contributed by atoms with Gasteiger partial charge in [0.2, 0.25) is 0 Å². The summed E-state index contributed by atoms with van der Waals surface area (Å²) in [7, 11) is 0. The van der Waals surface area contributed by atoms with E-state index < -0.39 is 0 Å². The Labute approximate surface area is 136 Å². The van der Waals surface area contributed by atoms with E-state index in [9.17, 15) is 0 Å². The lowest BCUT2D eigenvalue weighted by atomic mass is 10.0. The van der Waals surface area contributed by atoms with Crippen molar-refractivity contribution in [1.29, 1.82) is 0 Å². The number of rotatable bonds is 7. The van der Waals surface area contributed by atoms with Crippen LogP contribution in [-0.2, 0) is 6.54 Å². The molecule has 4 nitrogen and oxygen atoms in total. The van der Waals surface area contributed by atoms with E-state index in [-0.39, 0.29) is 12.6 Å². The molecule has 0 amide bonds. The quantitative estimate of drug-likeness (QED) is 0.704. The van der Waals surface area contributed by atoms with Gasteiger partial charge in [-0.05, 0) is 37.0 Å². The lowest BCUT2D eigenvalue weighted by molar-refractivity contribution is 0.274. The zero-order valence-corrected chi connectivity index (χ0v) is 13.4. The van der Waals surface area contributed by atoms with Gasteiger partial charge in [0.05, 0.1) is 11.9 Å². The number of fused-ring (bicyclic) bond motifs is 1. The second-order valence-corrected chi connectivity index (χ2v) is 5.89. The molecule has 2 N–H and O–H groups in total. The minimum absolute atomic E-state index is 0.222. The molecule has 0 bridgehead atoms. The van der Waals surface area contributed by atoms with E-state index >= 15 is 0 Å². The summed E-state index contributed by atoms with van der Waals surface area (Å²) in [5, 5.41) is 12.8. The number of benzene rings is 1.